The second-order valence-electron chi connectivity index (χ2n) is 3.07. The summed E-state index contributed by atoms with van der Waals surface area (Å²) in [6.45, 7) is 1.17. The molecule has 3 N–H and O–H groups in total. The quantitative estimate of drug-likeness (QED) is 0.644. The molecule has 0 aromatic heterocycles. The molecule has 0 saturated carbocycles. The molecular weight excluding hydrogens is 172 g/mol. The van der Waals surface area contributed by atoms with Gasteiger partial charge in [-0.15, -0.1) is 0 Å². The van der Waals surface area contributed by atoms with Crippen LogP contribution in [0.25, 0.3) is 0 Å². The highest BCUT2D eigenvalue weighted by atomic mass is 16.7. The van der Waals surface area contributed by atoms with Crippen LogP contribution in [0, 0.1) is 0 Å². The number of carboxylic acid groups (broad SMARTS) is 1. The first kappa shape index (κ1) is 12.3. The van der Waals surface area contributed by atoms with Gasteiger partial charge in [-0.3, -0.25) is 4.79 Å². The number of hydroxylamine groups is 2. The molecule has 0 amide bonds. The Morgan fingerprint density at radius 1 is 1.54 bits per heavy atom. The Bertz CT molecular complexity index is 176. The lowest BCUT2D eigenvalue weighted by atomic mass is 9.90. The summed E-state index contributed by atoms with van der Waals surface area (Å²) in [4.78, 5) is 15.6. The topological polar surface area (TPSA) is 75.8 Å². The van der Waals surface area contributed by atoms with Crippen molar-refractivity contribution in [3.05, 3.63) is 0 Å². The third-order valence-electron chi connectivity index (χ3n) is 2.30. The van der Waals surface area contributed by atoms with Crippen LogP contribution in [-0.4, -0.2) is 41.9 Å². The monoisotopic (exact) mass is 190 g/mol. The number of rotatable bonds is 2. The Kier molecular flexibility index (Phi) is 4.32. The van der Waals surface area contributed by atoms with Crippen LogP contribution >= 0.6 is 0 Å². The smallest absolute Gasteiger partial charge is 0.323 e. The molecule has 0 aromatic rings. The summed E-state index contributed by atoms with van der Waals surface area (Å²) < 4.78 is 0. The van der Waals surface area contributed by atoms with Gasteiger partial charge >= 0.3 is 5.97 Å². The highest BCUT2D eigenvalue weighted by Crippen LogP contribution is 2.19. The van der Waals surface area contributed by atoms with Crippen molar-refractivity contribution in [1.82, 2.24) is 5.06 Å². The summed E-state index contributed by atoms with van der Waals surface area (Å²) in [5.41, 5.74) is 4.59. The molecule has 0 spiro atoms. The Morgan fingerprint density at radius 3 is 2.31 bits per heavy atom. The molecule has 5 heteroatoms. The number of carbonyl (C=O) groups is 1. The molecule has 1 aliphatic heterocycles. The second-order valence-corrected chi connectivity index (χ2v) is 3.07. The number of nitrogens with zero attached hydrogens (tertiary/aromatic N) is 1. The fourth-order valence-corrected chi connectivity index (χ4v) is 1.28. The summed E-state index contributed by atoms with van der Waals surface area (Å²) in [5, 5.41) is 10.5. The van der Waals surface area contributed by atoms with Crippen molar-refractivity contribution in [2.24, 2.45) is 5.73 Å². The predicted molar refractivity (Wildman–Crippen MR) is 49.1 cm³/mol. The predicted octanol–water partition coefficient (Wildman–Crippen LogP) is 0.0618. The number of aliphatic carboxylic acids is 1. The minimum Gasteiger partial charge on any atom is -0.480 e. The highest BCUT2D eigenvalue weighted by Gasteiger charge is 2.37. The largest absolute Gasteiger partial charge is 0.480 e. The van der Waals surface area contributed by atoms with Crippen LogP contribution in [0.1, 0.15) is 20.3 Å². The molecule has 0 aliphatic carbocycles. The first-order valence-corrected chi connectivity index (χ1v) is 3.90. The number of hydrogen-bond donors (Lipinski definition) is 2. The zero-order valence-electron chi connectivity index (χ0n) is 7.12. The summed E-state index contributed by atoms with van der Waals surface area (Å²) in [6.07, 6.45) is 0.881. The van der Waals surface area contributed by atoms with E-state index in [-0.39, 0.29) is 7.43 Å². The van der Waals surface area contributed by atoms with Gasteiger partial charge in [0, 0.05) is 13.1 Å². The maximum absolute atomic E-state index is 10.7. The van der Waals surface area contributed by atoms with Crippen molar-refractivity contribution in [2.45, 2.75) is 25.8 Å². The molecule has 0 aromatic carbocycles. The average molecular weight is 190 g/mol. The van der Waals surface area contributed by atoms with Gasteiger partial charge in [0.2, 0.25) is 0 Å². The maximum Gasteiger partial charge on any atom is 0.323 e. The molecule has 78 valence electrons. The van der Waals surface area contributed by atoms with Gasteiger partial charge in [-0.05, 0) is 12.8 Å². The van der Waals surface area contributed by atoms with Crippen molar-refractivity contribution >= 4 is 5.97 Å². The van der Waals surface area contributed by atoms with E-state index < -0.39 is 11.5 Å². The molecule has 1 fully saturated rings. The van der Waals surface area contributed by atoms with Crippen molar-refractivity contribution in [2.75, 3.05) is 20.2 Å². The lowest BCUT2D eigenvalue weighted by Gasteiger charge is -2.34. The van der Waals surface area contributed by atoms with Crippen LogP contribution in [0.2, 0.25) is 0 Å². The second kappa shape index (κ2) is 4.55. The Morgan fingerprint density at radius 2 is 2.00 bits per heavy atom. The van der Waals surface area contributed by atoms with E-state index in [2.05, 4.69) is 0 Å². The van der Waals surface area contributed by atoms with Gasteiger partial charge in [0.25, 0.3) is 0 Å². The average Bonchev–Trinajstić information content (AvgIpc) is 2.06. The standard InChI is InChI=1S/C7H14N2O3.CH4/c1-12-9-4-2-7(8,3-5-9)6(10)11;/h2-5,8H2,1H3,(H,10,11);1H4. The van der Waals surface area contributed by atoms with E-state index in [9.17, 15) is 4.79 Å². The first-order valence-electron chi connectivity index (χ1n) is 3.90. The van der Waals surface area contributed by atoms with Crippen LogP contribution in [0.15, 0.2) is 0 Å². The Balaban J connectivity index is 0.00000144. The normalized spacial score (nSPS) is 22.0. The minimum atomic E-state index is -1.05. The van der Waals surface area contributed by atoms with Gasteiger partial charge in [0.15, 0.2) is 0 Å². The summed E-state index contributed by atoms with van der Waals surface area (Å²) in [7, 11) is 1.57. The van der Waals surface area contributed by atoms with E-state index in [1.165, 1.54) is 0 Å². The molecule has 1 aliphatic rings. The molecule has 1 saturated heterocycles. The van der Waals surface area contributed by atoms with Gasteiger partial charge in [-0.1, -0.05) is 7.43 Å². The molecule has 0 unspecified atom stereocenters. The number of piperidine rings is 1. The van der Waals surface area contributed by atoms with E-state index in [0.717, 1.165) is 0 Å². The third-order valence-corrected chi connectivity index (χ3v) is 2.30. The highest BCUT2D eigenvalue weighted by molar-refractivity contribution is 5.78. The fraction of sp³-hybridized carbons (Fsp3) is 0.875. The van der Waals surface area contributed by atoms with Crippen LogP contribution in [-0.2, 0) is 9.63 Å². The molecule has 1 heterocycles. The molecule has 1 rings (SSSR count). The maximum atomic E-state index is 10.7. The van der Waals surface area contributed by atoms with E-state index in [1.54, 1.807) is 12.2 Å². The molecule has 0 radical (unpaired) electrons. The number of hydrogen-bond acceptors (Lipinski definition) is 4. The number of nitrogens with two attached hydrogens (primary N) is 1. The van der Waals surface area contributed by atoms with Gasteiger partial charge < -0.3 is 15.7 Å². The van der Waals surface area contributed by atoms with Crippen LogP contribution in [0.5, 0.6) is 0 Å². The van der Waals surface area contributed by atoms with Gasteiger partial charge in [0.1, 0.15) is 5.54 Å². The van der Waals surface area contributed by atoms with Crippen molar-refractivity contribution < 1.29 is 14.7 Å². The minimum absolute atomic E-state index is 0. The zero-order valence-corrected chi connectivity index (χ0v) is 7.12. The van der Waals surface area contributed by atoms with Crippen molar-refractivity contribution in [3.63, 3.8) is 0 Å². The molecule has 13 heavy (non-hydrogen) atoms. The van der Waals surface area contributed by atoms with Crippen LogP contribution in [0.4, 0.5) is 0 Å². The van der Waals surface area contributed by atoms with E-state index >= 15 is 0 Å². The first-order chi connectivity index (χ1) is 5.58. The van der Waals surface area contributed by atoms with Crippen molar-refractivity contribution in [3.8, 4) is 0 Å². The van der Waals surface area contributed by atoms with Gasteiger partial charge in [-0.2, -0.15) is 5.06 Å². The van der Waals surface area contributed by atoms with E-state index in [1.807, 2.05) is 0 Å². The lowest BCUT2D eigenvalue weighted by molar-refractivity contribution is -0.164. The lowest BCUT2D eigenvalue weighted by Crippen LogP contribution is -2.55. The molecule has 5 nitrogen and oxygen atoms in total. The van der Waals surface area contributed by atoms with Crippen molar-refractivity contribution in [1.29, 1.82) is 0 Å². The van der Waals surface area contributed by atoms with Gasteiger partial charge in [-0.25, -0.2) is 0 Å². The Hall–Kier alpha value is -0.650. The molecule has 0 bridgehead atoms. The summed E-state index contributed by atoms with van der Waals surface area (Å²) in [6, 6.07) is 0. The van der Waals surface area contributed by atoms with Crippen LogP contribution < -0.4 is 5.73 Å². The summed E-state index contributed by atoms with van der Waals surface area (Å²) >= 11 is 0. The zero-order chi connectivity index (χ0) is 9.19. The van der Waals surface area contributed by atoms with Gasteiger partial charge in [0.05, 0.1) is 7.11 Å². The molecular formula is C8H18N2O3. The van der Waals surface area contributed by atoms with E-state index in [0.29, 0.717) is 25.9 Å². The molecule has 0 atom stereocenters. The summed E-state index contributed by atoms with van der Waals surface area (Å²) in [5.74, 6) is -0.918. The number of carboxylic acids is 1. The third kappa shape index (κ3) is 2.65. The fourth-order valence-electron chi connectivity index (χ4n) is 1.28. The van der Waals surface area contributed by atoms with E-state index in [4.69, 9.17) is 15.7 Å². The van der Waals surface area contributed by atoms with Crippen LogP contribution in [0.3, 0.4) is 0 Å². The Labute approximate surface area is 78.4 Å². The SMILES string of the molecule is C.CON1CCC(N)(C(=O)O)CC1.